The maximum atomic E-state index is 12.4. The summed E-state index contributed by atoms with van der Waals surface area (Å²) in [5, 5.41) is 18.0. The molecule has 0 fully saturated rings. The average Bonchev–Trinajstić information content (AvgIpc) is 2.60. The monoisotopic (exact) mass is 326 g/mol. The number of nitrogens with zero attached hydrogens (tertiary/aromatic N) is 2. The predicted molar refractivity (Wildman–Crippen MR) is 90.8 cm³/mol. The number of aliphatic hydroxyl groups excluding tert-OH is 1. The highest BCUT2D eigenvalue weighted by atomic mass is 32.2. The van der Waals surface area contributed by atoms with Crippen LogP contribution in [0.25, 0.3) is 0 Å². The fraction of sp³-hybridized carbons (Fsp3) is 0.222. The molecule has 0 saturated carbocycles. The van der Waals surface area contributed by atoms with Gasteiger partial charge in [-0.15, -0.1) is 11.8 Å². The first-order valence-corrected chi connectivity index (χ1v) is 8.27. The van der Waals surface area contributed by atoms with E-state index >= 15 is 0 Å². The molecule has 0 bridgehead atoms. The van der Waals surface area contributed by atoms with Crippen LogP contribution in [0.15, 0.2) is 59.5 Å². The zero-order valence-electron chi connectivity index (χ0n) is 12.7. The molecule has 118 valence electrons. The smallest absolute Gasteiger partial charge is 0.233 e. The van der Waals surface area contributed by atoms with Crippen LogP contribution in [0.2, 0.25) is 0 Å². The second-order valence-electron chi connectivity index (χ2n) is 4.95. The molecule has 0 aliphatic carbocycles. The highest BCUT2D eigenvalue weighted by Gasteiger charge is 2.13. The van der Waals surface area contributed by atoms with E-state index < -0.39 is 0 Å². The highest BCUT2D eigenvalue weighted by molar-refractivity contribution is 8.00. The molecule has 2 rings (SSSR count). The van der Waals surface area contributed by atoms with E-state index in [2.05, 4.69) is 6.07 Å². The Kier molecular flexibility index (Phi) is 6.67. The molecule has 0 radical (unpaired) electrons. The third kappa shape index (κ3) is 5.44. The van der Waals surface area contributed by atoms with Crippen molar-refractivity contribution in [1.82, 2.24) is 4.90 Å². The van der Waals surface area contributed by atoms with Crippen molar-refractivity contribution in [2.75, 3.05) is 18.9 Å². The number of aliphatic hydroxyl groups is 1. The van der Waals surface area contributed by atoms with Gasteiger partial charge in [-0.3, -0.25) is 4.79 Å². The number of rotatable bonds is 7. The topological polar surface area (TPSA) is 64.3 Å². The summed E-state index contributed by atoms with van der Waals surface area (Å²) in [4.78, 5) is 15.0. The van der Waals surface area contributed by atoms with Gasteiger partial charge < -0.3 is 10.0 Å². The molecule has 0 saturated heterocycles. The van der Waals surface area contributed by atoms with E-state index in [1.807, 2.05) is 42.5 Å². The van der Waals surface area contributed by atoms with Gasteiger partial charge in [0, 0.05) is 18.0 Å². The molecule has 2 aromatic carbocycles. The fourth-order valence-corrected chi connectivity index (χ4v) is 2.88. The lowest BCUT2D eigenvalue weighted by Crippen LogP contribution is -2.34. The van der Waals surface area contributed by atoms with Crippen molar-refractivity contribution in [2.45, 2.75) is 11.4 Å². The molecular weight excluding hydrogens is 308 g/mol. The zero-order valence-corrected chi connectivity index (χ0v) is 13.5. The molecule has 2 aromatic rings. The van der Waals surface area contributed by atoms with Gasteiger partial charge in [-0.1, -0.05) is 30.3 Å². The number of carbonyl (C=O) groups excluding carboxylic acids is 1. The third-order valence-corrected chi connectivity index (χ3v) is 4.28. The normalized spacial score (nSPS) is 10.1. The molecule has 0 unspecified atom stereocenters. The molecule has 1 amide bonds. The van der Waals surface area contributed by atoms with Crippen LogP contribution < -0.4 is 0 Å². The molecule has 0 atom stereocenters. The van der Waals surface area contributed by atoms with Crippen LogP contribution in [0.3, 0.4) is 0 Å². The van der Waals surface area contributed by atoms with Gasteiger partial charge in [0.15, 0.2) is 0 Å². The van der Waals surface area contributed by atoms with Gasteiger partial charge >= 0.3 is 0 Å². The van der Waals surface area contributed by atoms with Crippen LogP contribution in [0, 0.1) is 11.3 Å². The summed E-state index contributed by atoms with van der Waals surface area (Å²) in [6.07, 6.45) is 0. The molecule has 5 heteroatoms. The van der Waals surface area contributed by atoms with E-state index in [0.29, 0.717) is 24.4 Å². The van der Waals surface area contributed by atoms with Gasteiger partial charge in [0.05, 0.1) is 24.0 Å². The van der Waals surface area contributed by atoms with Crippen LogP contribution in [0.1, 0.15) is 11.1 Å². The Morgan fingerprint density at radius 1 is 1.13 bits per heavy atom. The summed E-state index contributed by atoms with van der Waals surface area (Å²) >= 11 is 1.43. The Hall–Kier alpha value is -2.29. The van der Waals surface area contributed by atoms with Crippen molar-refractivity contribution in [3.8, 4) is 6.07 Å². The minimum Gasteiger partial charge on any atom is -0.395 e. The van der Waals surface area contributed by atoms with E-state index in [-0.39, 0.29) is 12.5 Å². The van der Waals surface area contributed by atoms with Crippen LogP contribution in [0.4, 0.5) is 0 Å². The molecule has 0 spiro atoms. The van der Waals surface area contributed by atoms with E-state index in [0.717, 1.165) is 10.5 Å². The molecule has 0 aromatic heterocycles. The van der Waals surface area contributed by atoms with E-state index in [1.54, 1.807) is 17.0 Å². The van der Waals surface area contributed by atoms with E-state index in [9.17, 15) is 9.90 Å². The van der Waals surface area contributed by atoms with Crippen LogP contribution in [-0.2, 0) is 11.3 Å². The summed E-state index contributed by atoms with van der Waals surface area (Å²) in [5.74, 6) is 0.288. The number of thioether (sulfide) groups is 1. The number of nitriles is 1. The quantitative estimate of drug-likeness (QED) is 0.795. The van der Waals surface area contributed by atoms with E-state index in [4.69, 9.17) is 5.26 Å². The Bertz CT molecular complexity index is 666. The molecule has 1 N–H and O–H groups in total. The predicted octanol–water partition coefficient (Wildman–Crippen LogP) is 2.67. The SMILES string of the molecule is N#Cc1ccc(SCC(=O)N(CCO)Cc2ccccc2)cc1. The Labute approximate surface area is 140 Å². The maximum absolute atomic E-state index is 12.4. The third-order valence-electron chi connectivity index (χ3n) is 3.28. The van der Waals surface area contributed by atoms with E-state index in [1.165, 1.54) is 11.8 Å². The number of benzene rings is 2. The Morgan fingerprint density at radius 2 is 1.83 bits per heavy atom. The van der Waals surface area contributed by atoms with Crippen molar-refractivity contribution in [3.05, 3.63) is 65.7 Å². The van der Waals surface area contributed by atoms with Crippen molar-refractivity contribution >= 4 is 17.7 Å². The lowest BCUT2D eigenvalue weighted by Gasteiger charge is -2.21. The standard InChI is InChI=1S/C18H18N2O2S/c19-12-15-6-8-17(9-7-15)23-14-18(22)20(10-11-21)13-16-4-2-1-3-5-16/h1-9,21H,10-11,13-14H2. The minimum absolute atomic E-state index is 0.0164. The summed E-state index contributed by atoms with van der Waals surface area (Å²) in [6, 6.07) is 18.9. The van der Waals surface area contributed by atoms with Gasteiger partial charge in [-0.05, 0) is 29.8 Å². The molecule has 0 aliphatic rings. The van der Waals surface area contributed by atoms with Crippen molar-refractivity contribution in [2.24, 2.45) is 0 Å². The van der Waals surface area contributed by atoms with Crippen LogP contribution in [0.5, 0.6) is 0 Å². The highest BCUT2D eigenvalue weighted by Crippen LogP contribution is 2.19. The molecule has 4 nitrogen and oxygen atoms in total. The molecule has 0 aliphatic heterocycles. The lowest BCUT2D eigenvalue weighted by molar-refractivity contribution is -0.129. The summed E-state index contributed by atoms with van der Waals surface area (Å²) in [6.45, 7) is 0.760. The van der Waals surface area contributed by atoms with Crippen molar-refractivity contribution in [3.63, 3.8) is 0 Å². The summed E-state index contributed by atoms with van der Waals surface area (Å²) in [5.41, 5.74) is 1.64. The molecular formula is C18H18N2O2S. The second-order valence-corrected chi connectivity index (χ2v) is 6.00. The van der Waals surface area contributed by atoms with Gasteiger partial charge in [0.25, 0.3) is 0 Å². The molecule has 0 heterocycles. The lowest BCUT2D eigenvalue weighted by atomic mass is 10.2. The van der Waals surface area contributed by atoms with Crippen LogP contribution in [-0.4, -0.2) is 34.8 Å². The maximum Gasteiger partial charge on any atom is 0.233 e. The zero-order chi connectivity index (χ0) is 16.5. The van der Waals surface area contributed by atoms with Gasteiger partial charge in [-0.25, -0.2) is 0 Å². The minimum atomic E-state index is -0.0554. The van der Waals surface area contributed by atoms with Crippen molar-refractivity contribution in [1.29, 1.82) is 5.26 Å². The number of carbonyl (C=O) groups is 1. The van der Waals surface area contributed by atoms with Gasteiger partial charge in [0.2, 0.25) is 5.91 Å². The van der Waals surface area contributed by atoms with Gasteiger partial charge in [-0.2, -0.15) is 5.26 Å². The number of amides is 1. The first kappa shape index (κ1) is 17.1. The average molecular weight is 326 g/mol. The Balaban J connectivity index is 1.93. The first-order chi connectivity index (χ1) is 11.2. The van der Waals surface area contributed by atoms with Crippen molar-refractivity contribution < 1.29 is 9.90 Å². The van der Waals surface area contributed by atoms with Crippen LogP contribution >= 0.6 is 11.8 Å². The second kappa shape index (κ2) is 8.99. The summed E-state index contributed by atoms with van der Waals surface area (Å²) in [7, 11) is 0. The van der Waals surface area contributed by atoms with Gasteiger partial charge in [0.1, 0.15) is 0 Å². The molecule has 23 heavy (non-hydrogen) atoms. The summed E-state index contributed by atoms with van der Waals surface area (Å²) < 4.78 is 0. The number of hydrogen-bond acceptors (Lipinski definition) is 4. The largest absolute Gasteiger partial charge is 0.395 e. The fourth-order valence-electron chi connectivity index (χ4n) is 2.08. The first-order valence-electron chi connectivity index (χ1n) is 7.28. The Morgan fingerprint density at radius 3 is 2.43 bits per heavy atom. The number of hydrogen-bond donors (Lipinski definition) is 1.